The second-order valence-electron chi connectivity index (χ2n) is 4.15. The Morgan fingerprint density at radius 2 is 1.76 bits per heavy atom. The summed E-state index contributed by atoms with van der Waals surface area (Å²) >= 11 is 11.7. The van der Waals surface area contributed by atoms with E-state index in [-0.39, 0.29) is 22.1 Å². The third-order valence-electron chi connectivity index (χ3n) is 2.68. The molecule has 0 aliphatic rings. The van der Waals surface area contributed by atoms with Crippen molar-refractivity contribution in [1.29, 1.82) is 0 Å². The summed E-state index contributed by atoms with van der Waals surface area (Å²) in [5.74, 6) is 0.0951. The van der Waals surface area contributed by atoms with Gasteiger partial charge in [0.05, 0.1) is 17.2 Å². The van der Waals surface area contributed by atoms with E-state index in [1.807, 2.05) is 0 Å². The maximum absolute atomic E-state index is 12.9. The van der Waals surface area contributed by atoms with Gasteiger partial charge in [-0.2, -0.15) is 13.2 Å². The summed E-state index contributed by atoms with van der Waals surface area (Å²) in [4.78, 5) is 0. The van der Waals surface area contributed by atoms with Gasteiger partial charge >= 0.3 is 6.18 Å². The van der Waals surface area contributed by atoms with Crippen LogP contribution in [0.1, 0.15) is 11.1 Å². The minimum Gasteiger partial charge on any atom is -0.456 e. The highest BCUT2D eigenvalue weighted by Crippen LogP contribution is 2.37. The average Bonchev–Trinajstić information content (AvgIpc) is 2.42. The minimum atomic E-state index is -4.59. The summed E-state index contributed by atoms with van der Waals surface area (Å²) in [7, 11) is 0. The number of aliphatic hydroxyl groups excluding tert-OH is 1. The number of hydrogen-bond acceptors (Lipinski definition) is 2. The Morgan fingerprint density at radius 1 is 1.05 bits per heavy atom. The van der Waals surface area contributed by atoms with Crippen LogP contribution in [0.5, 0.6) is 11.5 Å². The highest BCUT2D eigenvalue weighted by atomic mass is 35.5. The fourth-order valence-electron chi connectivity index (χ4n) is 1.70. The molecule has 0 fully saturated rings. The van der Waals surface area contributed by atoms with Crippen LogP contribution in [0.15, 0.2) is 36.4 Å². The van der Waals surface area contributed by atoms with Crippen LogP contribution in [0, 0.1) is 0 Å². The minimum absolute atomic E-state index is 0.0521. The number of alkyl halides is 3. The first-order valence-electron chi connectivity index (χ1n) is 5.75. The van der Waals surface area contributed by atoms with E-state index in [1.165, 1.54) is 24.3 Å². The molecule has 21 heavy (non-hydrogen) atoms. The van der Waals surface area contributed by atoms with Crippen LogP contribution in [-0.2, 0) is 12.8 Å². The van der Waals surface area contributed by atoms with Crippen molar-refractivity contribution in [1.82, 2.24) is 0 Å². The summed E-state index contributed by atoms with van der Waals surface area (Å²) < 4.78 is 44.0. The average molecular weight is 337 g/mol. The standard InChI is InChI=1S/C14H9Cl2F3O2/c15-9-2-4-12(16)13(5-9)21-10-3-1-8(7-20)11(6-10)14(17,18)19/h1-6,20H,7H2. The van der Waals surface area contributed by atoms with Gasteiger partial charge in [0.15, 0.2) is 0 Å². The molecule has 0 amide bonds. The number of benzene rings is 2. The van der Waals surface area contributed by atoms with E-state index < -0.39 is 18.3 Å². The molecule has 0 bridgehead atoms. The largest absolute Gasteiger partial charge is 0.456 e. The number of halogens is 5. The third-order valence-corrected chi connectivity index (χ3v) is 3.23. The topological polar surface area (TPSA) is 29.5 Å². The van der Waals surface area contributed by atoms with Gasteiger partial charge in [-0.25, -0.2) is 0 Å². The van der Waals surface area contributed by atoms with Crippen molar-refractivity contribution in [3.8, 4) is 11.5 Å². The van der Waals surface area contributed by atoms with Gasteiger partial charge in [-0.3, -0.25) is 0 Å². The second-order valence-corrected chi connectivity index (χ2v) is 5.00. The molecule has 0 radical (unpaired) electrons. The summed E-state index contributed by atoms with van der Waals surface area (Å²) in [5, 5.41) is 9.53. The Bertz CT molecular complexity index is 657. The fraction of sp³-hybridized carbons (Fsp3) is 0.143. The van der Waals surface area contributed by atoms with Gasteiger partial charge in [0.25, 0.3) is 0 Å². The first-order chi connectivity index (χ1) is 9.81. The lowest BCUT2D eigenvalue weighted by atomic mass is 10.1. The van der Waals surface area contributed by atoms with Crippen LogP contribution in [-0.4, -0.2) is 5.11 Å². The Morgan fingerprint density at radius 3 is 2.38 bits per heavy atom. The fourth-order valence-corrected chi connectivity index (χ4v) is 2.02. The Labute approximate surface area is 128 Å². The van der Waals surface area contributed by atoms with Crippen molar-refractivity contribution in [2.24, 2.45) is 0 Å². The van der Waals surface area contributed by atoms with Gasteiger partial charge < -0.3 is 9.84 Å². The van der Waals surface area contributed by atoms with E-state index in [0.29, 0.717) is 5.02 Å². The molecule has 2 nitrogen and oxygen atoms in total. The second kappa shape index (κ2) is 6.13. The van der Waals surface area contributed by atoms with Crippen molar-refractivity contribution >= 4 is 23.2 Å². The molecule has 0 aliphatic carbocycles. The van der Waals surface area contributed by atoms with Crippen LogP contribution in [0.25, 0.3) is 0 Å². The molecule has 0 spiro atoms. The van der Waals surface area contributed by atoms with Gasteiger partial charge in [0.1, 0.15) is 11.5 Å². The lowest BCUT2D eigenvalue weighted by molar-refractivity contribution is -0.138. The van der Waals surface area contributed by atoms with Gasteiger partial charge in [0.2, 0.25) is 0 Å². The molecule has 0 aliphatic heterocycles. The molecule has 112 valence electrons. The summed E-state index contributed by atoms with van der Waals surface area (Å²) in [6, 6.07) is 7.69. The third kappa shape index (κ3) is 3.81. The first-order valence-corrected chi connectivity index (χ1v) is 6.50. The SMILES string of the molecule is OCc1ccc(Oc2cc(Cl)ccc2Cl)cc1C(F)(F)F. The van der Waals surface area contributed by atoms with Crippen molar-refractivity contribution in [2.45, 2.75) is 12.8 Å². The molecule has 7 heteroatoms. The maximum atomic E-state index is 12.9. The summed E-state index contributed by atoms with van der Waals surface area (Å²) in [6.07, 6.45) is -4.59. The Balaban J connectivity index is 2.39. The molecule has 0 saturated heterocycles. The monoisotopic (exact) mass is 336 g/mol. The lowest BCUT2D eigenvalue weighted by Gasteiger charge is -2.14. The highest BCUT2D eigenvalue weighted by molar-refractivity contribution is 6.34. The van der Waals surface area contributed by atoms with Gasteiger partial charge in [-0.1, -0.05) is 29.3 Å². The van der Waals surface area contributed by atoms with E-state index in [2.05, 4.69) is 0 Å². The van der Waals surface area contributed by atoms with Gasteiger partial charge in [0, 0.05) is 11.1 Å². The van der Waals surface area contributed by atoms with Crippen LogP contribution >= 0.6 is 23.2 Å². The molecule has 0 atom stereocenters. The number of ether oxygens (including phenoxy) is 1. The van der Waals surface area contributed by atoms with Crippen LogP contribution in [0.3, 0.4) is 0 Å². The molecule has 0 saturated carbocycles. The Hall–Kier alpha value is -1.43. The number of rotatable bonds is 3. The molecule has 0 unspecified atom stereocenters. The molecule has 1 N–H and O–H groups in total. The van der Waals surface area contributed by atoms with Crippen LogP contribution in [0.2, 0.25) is 10.0 Å². The predicted molar refractivity (Wildman–Crippen MR) is 73.9 cm³/mol. The van der Waals surface area contributed by atoms with Gasteiger partial charge in [-0.05, 0) is 29.8 Å². The first kappa shape index (κ1) is 15.9. The zero-order chi connectivity index (χ0) is 15.6. The van der Waals surface area contributed by atoms with Crippen LogP contribution < -0.4 is 4.74 Å². The lowest BCUT2D eigenvalue weighted by Crippen LogP contribution is -2.09. The molecule has 2 rings (SSSR count). The summed E-state index contributed by atoms with van der Waals surface area (Å²) in [6.45, 7) is -0.715. The normalized spacial score (nSPS) is 11.5. The van der Waals surface area contributed by atoms with E-state index in [1.54, 1.807) is 0 Å². The molecule has 2 aromatic rings. The molecule has 0 aromatic heterocycles. The smallest absolute Gasteiger partial charge is 0.416 e. The number of aliphatic hydroxyl groups is 1. The van der Waals surface area contributed by atoms with Crippen molar-refractivity contribution in [3.05, 3.63) is 57.6 Å². The Kier molecular flexibility index (Phi) is 4.66. The zero-order valence-electron chi connectivity index (χ0n) is 10.4. The van der Waals surface area contributed by atoms with Gasteiger partial charge in [-0.15, -0.1) is 0 Å². The molecular weight excluding hydrogens is 328 g/mol. The van der Waals surface area contributed by atoms with E-state index in [0.717, 1.165) is 12.1 Å². The molecule has 0 heterocycles. The van der Waals surface area contributed by atoms with Crippen molar-refractivity contribution < 1.29 is 23.0 Å². The highest BCUT2D eigenvalue weighted by Gasteiger charge is 2.33. The molecular formula is C14H9Cl2F3O2. The summed E-state index contributed by atoms with van der Waals surface area (Å²) in [5.41, 5.74) is -1.19. The van der Waals surface area contributed by atoms with E-state index in [4.69, 9.17) is 33.0 Å². The quantitative estimate of drug-likeness (QED) is 0.824. The zero-order valence-corrected chi connectivity index (χ0v) is 11.9. The van der Waals surface area contributed by atoms with E-state index >= 15 is 0 Å². The van der Waals surface area contributed by atoms with Crippen molar-refractivity contribution in [2.75, 3.05) is 0 Å². The maximum Gasteiger partial charge on any atom is 0.416 e. The molecule has 2 aromatic carbocycles. The van der Waals surface area contributed by atoms with E-state index in [9.17, 15) is 13.2 Å². The predicted octanol–water partition coefficient (Wildman–Crippen LogP) is 5.30. The van der Waals surface area contributed by atoms with Crippen LogP contribution in [0.4, 0.5) is 13.2 Å². The van der Waals surface area contributed by atoms with Crippen molar-refractivity contribution in [3.63, 3.8) is 0 Å². The number of hydrogen-bond donors (Lipinski definition) is 1.